The van der Waals surface area contributed by atoms with Crippen LogP contribution in [0.5, 0.6) is 5.75 Å². The third kappa shape index (κ3) is 1.49. The first-order chi connectivity index (χ1) is 5.25. The largest absolute Gasteiger partial charge is 0.355 e. The quantitative estimate of drug-likeness (QED) is 0.642. The number of rotatable bonds is 1. The van der Waals surface area contributed by atoms with Gasteiger partial charge < -0.3 is 5.32 Å². The van der Waals surface area contributed by atoms with Crippen LogP contribution in [0.1, 0.15) is 10.4 Å². The molecular weight excluding hydrogens is 142 g/mol. The maximum absolute atomic E-state index is 11.0. The molecule has 0 aliphatic rings. The highest BCUT2D eigenvalue weighted by Crippen LogP contribution is 2.15. The zero-order chi connectivity index (χ0) is 8.27. The Kier molecular flexibility index (Phi) is 2.11. The van der Waals surface area contributed by atoms with Gasteiger partial charge in [0.15, 0.2) is 5.75 Å². The summed E-state index contributed by atoms with van der Waals surface area (Å²) in [6, 6.07) is 6.13. The molecule has 0 saturated carbocycles. The van der Waals surface area contributed by atoms with E-state index in [0.717, 1.165) is 0 Å². The highest BCUT2D eigenvalue weighted by Gasteiger charge is 2.07. The van der Waals surface area contributed by atoms with Gasteiger partial charge in [0.05, 0.1) is 5.56 Å². The summed E-state index contributed by atoms with van der Waals surface area (Å²) < 4.78 is 0. The molecule has 0 atom stereocenters. The van der Waals surface area contributed by atoms with Crippen molar-refractivity contribution in [3.8, 4) is 5.75 Å². The van der Waals surface area contributed by atoms with Gasteiger partial charge in [0.2, 0.25) is 0 Å². The number of carbonyl (C=O) groups is 1. The Balaban J connectivity index is 3.03. The van der Waals surface area contributed by atoms with Crippen LogP contribution in [0.25, 0.3) is 0 Å². The number of nitrogens with one attached hydrogen (secondary N) is 1. The topological polar surface area (TPSA) is 49.0 Å². The SMILES string of the molecule is CNC(=O)c1ccccc1[O]. The van der Waals surface area contributed by atoms with Crippen molar-refractivity contribution < 1.29 is 9.90 Å². The normalized spacial score (nSPS) is 9.18. The molecule has 1 aromatic carbocycles. The summed E-state index contributed by atoms with van der Waals surface area (Å²) >= 11 is 0. The van der Waals surface area contributed by atoms with Crippen molar-refractivity contribution in [2.24, 2.45) is 0 Å². The number of hydrogen-bond donors (Lipinski definition) is 1. The van der Waals surface area contributed by atoms with Gasteiger partial charge in [-0.15, -0.1) is 0 Å². The number of amides is 1. The highest BCUT2D eigenvalue weighted by molar-refractivity contribution is 5.96. The first kappa shape index (κ1) is 7.60. The average Bonchev–Trinajstić information content (AvgIpc) is 2.04. The fraction of sp³-hybridized carbons (Fsp3) is 0.125. The molecule has 0 saturated heterocycles. The Bertz CT molecular complexity index is 271. The maximum atomic E-state index is 11.0. The molecule has 0 unspecified atom stereocenters. The Morgan fingerprint density at radius 2 is 2.00 bits per heavy atom. The van der Waals surface area contributed by atoms with Crippen LogP contribution in [0.15, 0.2) is 24.3 Å². The maximum Gasteiger partial charge on any atom is 0.254 e. The van der Waals surface area contributed by atoms with Gasteiger partial charge in [-0.1, -0.05) is 12.1 Å². The van der Waals surface area contributed by atoms with Crippen molar-refractivity contribution in [3.63, 3.8) is 0 Å². The molecule has 1 radical (unpaired) electrons. The molecule has 3 heteroatoms. The molecule has 0 fully saturated rings. The van der Waals surface area contributed by atoms with E-state index < -0.39 is 0 Å². The van der Waals surface area contributed by atoms with Crippen LogP contribution >= 0.6 is 0 Å². The van der Waals surface area contributed by atoms with Gasteiger partial charge >= 0.3 is 0 Å². The van der Waals surface area contributed by atoms with Crippen LogP contribution in [0.4, 0.5) is 0 Å². The van der Waals surface area contributed by atoms with Gasteiger partial charge in [-0.3, -0.25) is 9.90 Å². The van der Waals surface area contributed by atoms with E-state index in [1.54, 1.807) is 12.1 Å². The van der Waals surface area contributed by atoms with Gasteiger partial charge in [0.25, 0.3) is 5.91 Å². The first-order valence-corrected chi connectivity index (χ1v) is 3.24. The number of para-hydroxylation sites is 1. The smallest absolute Gasteiger partial charge is 0.254 e. The summed E-state index contributed by atoms with van der Waals surface area (Å²) in [7, 11) is 1.49. The van der Waals surface area contributed by atoms with Crippen molar-refractivity contribution >= 4 is 5.91 Å². The predicted octanol–water partition coefficient (Wildman–Crippen LogP) is 1.19. The third-order valence-corrected chi connectivity index (χ3v) is 1.36. The molecule has 1 N–H and O–H groups in total. The Morgan fingerprint density at radius 3 is 2.55 bits per heavy atom. The van der Waals surface area contributed by atoms with Crippen LogP contribution < -0.4 is 5.32 Å². The molecular formula is C8H8NO2. The van der Waals surface area contributed by atoms with E-state index in [9.17, 15) is 9.90 Å². The van der Waals surface area contributed by atoms with Crippen LogP contribution in [0.3, 0.4) is 0 Å². The van der Waals surface area contributed by atoms with Crippen molar-refractivity contribution in [3.05, 3.63) is 29.8 Å². The second kappa shape index (κ2) is 3.05. The molecule has 11 heavy (non-hydrogen) atoms. The van der Waals surface area contributed by atoms with E-state index in [1.165, 1.54) is 19.2 Å². The second-order valence-corrected chi connectivity index (χ2v) is 2.08. The lowest BCUT2D eigenvalue weighted by Crippen LogP contribution is -2.17. The second-order valence-electron chi connectivity index (χ2n) is 2.08. The standard InChI is InChI=1S/C8H8NO2/c1-9-8(11)6-4-2-3-5-7(6)10/h2-5H,1H3,(H,9,11). The molecule has 1 amide bonds. The number of hydrogen-bond acceptors (Lipinski definition) is 1. The molecule has 1 rings (SSSR count). The van der Waals surface area contributed by atoms with Gasteiger partial charge in [-0.05, 0) is 12.1 Å². The fourth-order valence-electron chi connectivity index (χ4n) is 0.789. The molecule has 57 valence electrons. The lowest BCUT2D eigenvalue weighted by atomic mass is 10.2. The van der Waals surface area contributed by atoms with E-state index in [1.807, 2.05) is 0 Å². The zero-order valence-electron chi connectivity index (χ0n) is 6.13. The summed E-state index contributed by atoms with van der Waals surface area (Å²) in [5.74, 6) is -0.581. The molecule has 0 aliphatic heterocycles. The monoisotopic (exact) mass is 150 g/mol. The van der Waals surface area contributed by atoms with E-state index in [-0.39, 0.29) is 17.2 Å². The number of carbonyl (C=O) groups excluding carboxylic acids is 1. The van der Waals surface area contributed by atoms with E-state index in [2.05, 4.69) is 5.32 Å². The fourth-order valence-corrected chi connectivity index (χ4v) is 0.789. The van der Waals surface area contributed by atoms with E-state index >= 15 is 0 Å². The summed E-state index contributed by atoms with van der Waals surface area (Å²) in [6.45, 7) is 0. The van der Waals surface area contributed by atoms with Crippen LogP contribution in [0, 0.1) is 0 Å². The third-order valence-electron chi connectivity index (χ3n) is 1.36. The molecule has 3 nitrogen and oxygen atoms in total. The van der Waals surface area contributed by atoms with Crippen molar-refractivity contribution in [2.75, 3.05) is 7.05 Å². The molecule has 0 bridgehead atoms. The van der Waals surface area contributed by atoms with E-state index in [4.69, 9.17) is 0 Å². The van der Waals surface area contributed by atoms with Gasteiger partial charge in [-0.2, -0.15) is 0 Å². The highest BCUT2D eigenvalue weighted by atomic mass is 16.3. The molecule has 0 aliphatic carbocycles. The Morgan fingerprint density at radius 1 is 1.36 bits per heavy atom. The van der Waals surface area contributed by atoms with Crippen LogP contribution in [0.2, 0.25) is 0 Å². The van der Waals surface area contributed by atoms with Crippen molar-refractivity contribution in [2.45, 2.75) is 0 Å². The van der Waals surface area contributed by atoms with Crippen LogP contribution in [-0.2, 0) is 5.11 Å². The zero-order valence-corrected chi connectivity index (χ0v) is 6.13. The summed E-state index contributed by atoms with van der Waals surface area (Å²) in [5, 5.41) is 13.3. The minimum Gasteiger partial charge on any atom is -0.355 e. The summed E-state index contributed by atoms with van der Waals surface area (Å²) in [6.07, 6.45) is 0. The van der Waals surface area contributed by atoms with Gasteiger partial charge in [0.1, 0.15) is 0 Å². The minimum absolute atomic E-state index is 0.190. The van der Waals surface area contributed by atoms with Crippen molar-refractivity contribution in [1.29, 1.82) is 0 Å². The predicted molar refractivity (Wildman–Crippen MR) is 40.0 cm³/mol. The van der Waals surface area contributed by atoms with Gasteiger partial charge in [-0.25, -0.2) is 0 Å². The molecule has 0 heterocycles. The summed E-state index contributed by atoms with van der Waals surface area (Å²) in [5.41, 5.74) is 0.190. The lowest BCUT2D eigenvalue weighted by molar-refractivity contribution is 0.0958. The first-order valence-electron chi connectivity index (χ1n) is 3.24. The minimum atomic E-state index is -0.337. The van der Waals surface area contributed by atoms with Crippen molar-refractivity contribution in [1.82, 2.24) is 5.32 Å². The van der Waals surface area contributed by atoms with Crippen LogP contribution in [-0.4, -0.2) is 13.0 Å². The van der Waals surface area contributed by atoms with E-state index in [0.29, 0.717) is 0 Å². The molecule has 0 spiro atoms. The van der Waals surface area contributed by atoms with Gasteiger partial charge in [0, 0.05) is 7.05 Å². The molecule has 1 aromatic rings. The average molecular weight is 150 g/mol. The lowest BCUT2D eigenvalue weighted by Gasteiger charge is -1.98. The number of benzene rings is 1. The Hall–Kier alpha value is -1.51. The molecule has 0 aromatic heterocycles. The Labute approximate surface area is 64.7 Å². The summed E-state index contributed by atoms with van der Waals surface area (Å²) in [4.78, 5) is 10.9.